The number of benzene rings is 2. The first-order chi connectivity index (χ1) is 10.3. The van der Waals surface area contributed by atoms with Gasteiger partial charge in [0.25, 0.3) is 0 Å². The Labute approximate surface area is 130 Å². The van der Waals surface area contributed by atoms with Gasteiger partial charge in [-0.05, 0) is 49.4 Å². The van der Waals surface area contributed by atoms with Crippen LogP contribution in [0.1, 0.15) is 13.3 Å². The molecular weight excluding hydrogens is 288 g/mol. The molecule has 0 fully saturated rings. The van der Waals surface area contributed by atoms with Gasteiger partial charge in [0.05, 0.1) is 19.8 Å². The molecule has 0 radical (unpaired) electrons. The van der Waals surface area contributed by atoms with Crippen molar-refractivity contribution in [2.45, 2.75) is 13.3 Å². The summed E-state index contributed by atoms with van der Waals surface area (Å²) in [7, 11) is 0. The first kappa shape index (κ1) is 15.5. The molecular formula is C17H19ClO3. The maximum Gasteiger partial charge on any atom is 0.120 e. The van der Waals surface area contributed by atoms with E-state index in [2.05, 4.69) is 0 Å². The number of halogens is 1. The highest BCUT2D eigenvalue weighted by Gasteiger charge is 1.98. The van der Waals surface area contributed by atoms with E-state index in [-0.39, 0.29) is 0 Å². The van der Waals surface area contributed by atoms with E-state index in [0.717, 1.165) is 23.7 Å². The predicted molar refractivity (Wildman–Crippen MR) is 84.7 cm³/mol. The summed E-state index contributed by atoms with van der Waals surface area (Å²) in [5.41, 5.74) is 0. The monoisotopic (exact) mass is 306 g/mol. The molecule has 2 aromatic rings. The Morgan fingerprint density at radius 2 is 1.43 bits per heavy atom. The zero-order chi connectivity index (χ0) is 14.9. The fourth-order valence-corrected chi connectivity index (χ4v) is 1.97. The van der Waals surface area contributed by atoms with Gasteiger partial charge >= 0.3 is 0 Å². The topological polar surface area (TPSA) is 27.7 Å². The minimum absolute atomic E-state index is 0.595. The van der Waals surface area contributed by atoms with Crippen LogP contribution in [0.2, 0.25) is 5.02 Å². The SMILES string of the molecule is CCOc1ccc(OCCCOc2cccc(Cl)c2)cc1. The molecule has 0 unspecified atom stereocenters. The fourth-order valence-electron chi connectivity index (χ4n) is 1.79. The zero-order valence-corrected chi connectivity index (χ0v) is 12.8. The molecule has 0 heterocycles. The van der Waals surface area contributed by atoms with E-state index < -0.39 is 0 Å². The summed E-state index contributed by atoms with van der Waals surface area (Å²) in [5, 5.41) is 0.679. The Morgan fingerprint density at radius 3 is 2.05 bits per heavy atom. The molecule has 0 spiro atoms. The third-order valence-electron chi connectivity index (χ3n) is 2.76. The standard InChI is InChI=1S/C17H19ClO3/c1-2-19-15-7-9-16(10-8-15)20-11-4-12-21-17-6-3-5-14(18)13-17/h3,5-10,13H,2,4,11-12H2,1H3. The molecule has 2 rings (SSSR count). The molecule has 0 atom stereocenters. The van der Waals surface area contributed by atoms with Crippen molar-refractivity contribution >= 4 is 11.6 Å². The van der Waals surface area contributed by atoms with Gasteiger partial charge in [0.2, 0.25) is 0 Å². The van der Waals surface area contributed by atoms with Gasteiger partial charge in [0.15, 0.2) is 0 Å². The van der Waals surface area contributed by atoms with Gasteiger partial charge in [-0.25, -0.2) is 0 Å². The van der Waals surface area contributed by atoms with Crippen molar-refractivity contribution in [2.75, 3.05) is 19.8 Å². The Morgan fingerprint density at radius 1 is 0.810 bits per heavy atom. The van der Waals surface area contributed by atoms with Crippen molar-refractivity contribution in [3.8, 4) is 17.2 Å². The highest BCUT2D eigenvalue weighted by Crippen LogP contribution is 2.18. The first-order valence-corrected chi connectivity index (χ1v) is 7.40. The van der Waals surface area contributed by atoms with E-state index >= 15 is 0 Å². The van der Waals surface area contributed by atoms with Crippen molar-refractivity contribution in [3.05, 3.63) is 53.6 Å². The lowest BCUT2D eigenvalue weighted by molar-refractivity contribution is 0.247. The van der Waals surface area contributed by atoms with Gasteiger partial charge in [-0.15, -0.1) is 0 Å². The van der Waals surface area contributed by atoms with Crippen molar-refractivity contribution in [2.24, 2.45) is 0 Å². The van der Waals surface area contributed by atoms with Gasteiger partial charge in [-0.1, -0.05) is 17.7 Å². The number of hydrogen-bond donors (Lipinski definition) is 0. The summed E-state index contributed by atoms with van der Waals surface area (Å²) < 4.78 is 16.6. The van der Waals surface area contributed by atoms with E-state index in [1.54, 1.807) is 6.07 Å². The van der Waals surface area contributed by atoms with E-state index in [9.17, 15) is 0 Å². The average molecular weight is 307 g/mol. The summed E-state index contributed by atoms with van der Waals surface area (Å²) in [6.45, 7) is 3.83. The Hall–Kier alpha value is -1.87. The molecule has 0 aliphatic rings. The van der Waals surface area contributed by atoms with Crippen LogP contribution in [-0.2, 0) is 0 Å². The highest BCUT2D eigenvalue weighted by atomic mass is 35.5. The van der Waals surface area contributed by atoms with Gasteiger partial charge in [0, 0.05) is 11.4 Å². The Balaban J connectivity index is 1.65. The second kappa shape index (κ2) is 8.42. The van der Waals surface area contributed by atoms with Crippen LogP contribution in [0, 0.1) is 0 Å². The molecule has 21 heavy (non-hydrogen) atoms. The Kier molecular flexibility index (Phi) is 6.22. The van der Waals surface area contributed by atoms with E-state index in [1.165, 1.54) is 0 Å². The molecule has 0 amide bonds. The van der Waals surface area contributed by atoms with Crippen molar-refractivity contribution in [1.82, 2.24) is 0 Å². The number of ether oxygens (including phenoxy) is 3. The van der Waals surface area contributed by atoms with Crippen molar-refractivity contribution in [3.63, 3.8) is 0 Å². The molecule has 0 aromatic heterocycles. The lowest BCUT2D eigenvalue weighted by Crippen LogP contribution is -2.05. The summed E-state index contributed by atoms with van der Waals surface area (Å²) in [4.78, 5) is 0. The number of hydrogen-bond acceptors (Lipinski definition) is 3. The van der Waals surface area contributed by atoms with Crippen LogP contribution in [-0.4, -0.2) is 19.8 Å². The predicted octanol–water partition coefficient (Wildman–Crippen LogP) is 4.59. The minimum Gasteiger partial charge on any atom is -0.494 e. The lowest BCUT2D eigenvalue weighted by Gasteiger charge is -2.09. The zero-order valence-electron chi connectivity index (χ0n) is 12.0. The summed E-state index contributed by atoms with van der Waals surface area (Å²) in [6, 6.07) is 15.0. The quantitative estimate of drug-likeness (QED) is 0.668. The van der Waals surface area contributed by atoms with Crippen LogP contribution in [0.4, 0.5) is 0 Å². The molecule has 2 aromatic carbocycles. The highest BCUT2D eigenvalue weighted by molar-refractivity contribution is 6.30. The van der Waals surface area contributed by atoms with Crippen LogP contribution in [0.15, 0.2) is 48.5 Å². The smallest absolute Gasteiger partial charge is 0.120 e. The van der Waals surface area contributed by atoms with Gasteiger partial charge in [-0.3, -0.25) is 0 Å². The second-order valence-electron chi connectivity index (χ2n) is 4.41. The maximum atomic E-state index is 5.89. The third-order valence-corrected chi connectivity index (χ3v) is 2.99. The molecule has 0 bridgehead atoms. The van der Waals surface area contributed by atoms with Crippen molar-refractivity contribution in [1.29, 1.82) is 0 Å². The Bertz CT molecular complexity index is 540. The normalized spacial score (nSPS) is 10.2. The maximum absolute atomic E-state index is 5.89. The van der Waals surface area contributed by atoms with E-state index in [0.29, 0.717) is 24.8 Å². The van der Waals surface area contributed by atoms with Crippen LogP contribution in [0.5, 0.6) is 17.2 Å². The summed E-state index contributed by atoms with van der Waals surface area (Å²) >= 11 is 5.89. The molecule has 112 valence electrons. The van der Waals surface area contributed by atoms with Crippen LogP contribution < -0.4 is 14.2 Å². The second-order valence-corrected chi connectivity index (χ2v) is 4.85. The van der Waals surface area contributed by atoms with Crippen LogP contribution >= 0.6 is 11.6 Å². The largest absolute Gasteiger partial charge is 0.494 e. The summed E-state index contributed by atoms with van der Waals surface area (Å²) in [6.07, 6.45) is 0.805. The van der Waals surface area contributed by atoms with E-state index in [4.69, 9.17) is 25.8 Å². The molecule has 0 aliphatic carbocycles. The third kappa shape index (κ3) is 5.56. The van der Waals surface area contributed by atoms with E-state index in [1.807, 2.05) is 49.4 Å². The van der Waals surface area contributed by atoms with Gasteiger partial charge in [-0.2, -0.15) is 0 Å². The van der Waals surface area contributed by atoms with Gasteiger partial charge in [0.1, 0.15) is 17.2 Å². The molecule has 3 nitrogen and oxygen atoms in total. The molecule has 0 saturated carbocycles. The minimum atomic E-state index is 0.595. The molecule has 4 heteroatoms. The molecule has 0 aliphatic heterocycles. The molecule has 0 N–H and O–H groups in total. The average Bonchev–Trinajstić information content (AvgIpc) is 2.49. The number of rotatable bonds is 8. The lowest BCUT2D eigenvalue weighted by atomic mass is 10.3. The van der Waals surface area contributed by atoms with Crippen LogP contribution in [0.25, 0.3) is 0 Å². The van der Waals surface area contributed by atoms with Crippen LogP contribution in [0.3, 0.4) is 0 Å². The van der Waals surface area contributed by atoms with Gasteiger partial charge < -0.3 is 14.2 Å². The fraction of sp³-hybridized carbons (Fsp3) is 0.294. The first-order valence-electron chi connectivity index (χ1n) is 7.02. The van der Waals surface area contributed by atoms with Crippen molar-refractivity contribution < 1.29 is 14.2 Å². The summed E-state index contributed by atoms with van der Waals surface area (Å²) in [5.74, 6) is 2.47. The molecule has 0 saturated heterocycles.